The van der Waals surface area contributed by atoms with E-state index in [-0.39, 0.29) is 11.9 Å². The Bertz CT molecular complexity index is 577. The first kappa shape index (κ1) is 14.4. The molecule has 1 N–H and O–H groups in total. The number of hydrogen-bond donors (Lipinski definition) is 1. The van der Waals surface area contributed by atoms with Crippen LogP contribution in [0, 0.1) is 5.82 Å². The smallest absolute Gasteiger partial charge is 0.146 e. The molecule has 1 aromatic heterocycles. The van der Waals surface area contributed by atoms with Crippen molar-refractivity contribution in [3.63, 3.8) is 0 Å². The molecule has 2 nitrogen and oxygen atoms in total. The maximum absolute atomic E-state index is 13.9. The summed E-state index contributed by atoms with van der Waals surface area (Å²) in [5, 5.41) is 3.84. The van der Waals surface area contributed by atoms with Gasteiger partial charge < -0.3 is 5.32 Å². The van der Waals surface area contributed by atoms with Gasteiger partial charge in [-0.25, -0.2) is 4.39 Å². The van der Waals surface area contributed by atoms with Gasteiger partial charge in [0.15, 0.2) is 0 Å². The van der Waals surface area contributed by atoms with Gasteiger partial charge in [-0.1, -0.05) is 30.7 Å². The van der Waals surface area contributed by atoms with Crippen molar-refractivity contribution in [1.29, 1.82) is 0 Å². The molecular formula is C14H13BrClFN2. The number of pyridine rings is 1. The van der Waals surface area contributed by atoms with Crippen LogP contribution < -0.4 is 5.32 Å². The second kappa shape index (κ2) is 6.46. The number of nitrogens with one attached hydrogen (secondary N) is 1. The molecule has 0 aliphatic rings. The summed E-state index contributed by atoms with van der Waals surface area (Å²) in [7, 11) is 0. The van der Waals surface area contributed by atoms with Gasteiger partial charge in [-0.3, -0.25) is 4.98 Å². The van der Waals surface area contributed by atoms with E-state index in [2.05, 4.69) is 26.2 Å². The van der Waals surface area contributed by atoms with Gasteiger partial charge >= 0.3 is 0 Å². The van der Waals surface area contributed by atoms with E-state index >= 15 is 0 Å². The summed E-state index contributed by atoms with van der Waals surface area (Å²) in [5.41, 5.74) is 1.37. The average Bonchev–Trinajstić information content (AvgIpc) is 2.41. The highest BCUT2D eigenvalue weighted by Crippen LogP contribution is 2.33. The molecule has 0 radical (unpaired) electrons. The zero-order valence-electron chi connectivity index (χ0n) is 10.3. The molecule has 0 fully saturated rings. The van der Waals surface area contributed by atoms with Crippen LogP contribution in [0.4, 0.5) is 4.39 Å². The van der Waals surface area contributed by atoms with Gasteiger partial charge in [0, 0.05) is 16.2 Å². The summed E-state index contributed by atoms with van der Waals surface area (Å²) in [6, 6.07) is 7.00. The molecular weight excluding hydrogens is 331 g/mol. The number of benzene rings is 1. The minimum atomic E-state index is -0.343. The predicted molar refractivity (Wildman–Crippen MR) is 78.9 cm³/mol. The Morgan fingerprint density at radius 1 is 1.37 bits per heavy atom. The van der Waals surface area contributed by atoms with Crippen LogP contribution in [0.1, 0.15) is 24.1 Å². The minimum absolute atomic E-state index is 0.294. The van der Waals surface area contributed by atoms with Crippen LogP contribution >= 0.6 is 27.5 Å². The van der Waals surface area contributed by atoms with Gasteiger partial charge in [0.05, 0.1) is 17.3 Å². The summed E-state index contributed by atoms with van der Waals surface area (Å²) in [5.74, 6) is -0.343. The van der Waals surface area contributed by atoms with Gasteiger partial charge in [-0.05, 0) is 40.2 Å². The molecule has 0 saturated carbocycles. The molecule has 0 bridgehead atoms. The van der Waals surface area contributed by atoms with Crippen LogP contribution in [0.3, 0.4) is 0 Å². The van der Waals surface area contributed by atoms with E-state index in [1.165, 1.54) is 6.20 Å². The molecule has 19 heavy (non-hydrogen) atoms. The first-order valence-electron chi connectivity index (χ1n) is 5.91. The zero-order valence-corrected chi connectivity index (χ0v) is 12.7. The van der Waals surface area contributed by atoms with Crippen molar-refractivity contribution in [2.45, 2.75) is 13.0 Å². The van der Waals surface area contributed by atoms with Crippen molar-refractivity contribution < 1.29 is 4.39 Å². The van der Waals surface area contributed by atoms with Crippen molar-refractivity contribution in [3.05, 3.63) is 63.1 Å². The summed E-state index contributed by atoms with van der Waals surface area (Å²) in [6.07, 6.45) is 2.79. The Balaban J connectivity index is 2.52. The lowest BCUT2D eigenvalue weighted by atomic mass is 9.99. The fraction of sp³-hybridized carbons (Fsp3) is 0.214. The first-order chi connectivity index (χ1) is 9.15. The molecule has 1 aromatic carbocycles. The largest absolute Gasteiger partial charge is 0.306 e. The molecule has 1 heterocycles. The lowest BCUT2D eigenvalue weighted by Crippen LogP contribution is -2.23. The van der Waals surface area contributed by atoms with E-state index in [0.717, 1.165) is 10.0 Å². The molecule has 2 rings (SSSR count). The standard InChI is InChI=1S/C14H13BrClFN2/c1-2-19-14(9-6-7-18-8-12(9)17)10-4-3-5-11(15)13(10)16/h3-8,14,19H,2H2,1H3. The maximum Gasteiger partial charge on any atom is 0.146 e. The summed E-state index contributed by atoms with van der Waals surface area (Å²) < 4.78 is 14.7. The Kier molecular flexibility index (Phi) is 4.91. The molecule has 5 heteroatoms. The van der Waals surface area contributed by atoms with Crippen LogP contribution in [0.25, 0.3) is 0 Å². The lowest BCUT2D eigenvalue weighted by molar-refractivity contribution is 0.554. The molecule has 1 unspecified atom stereocenters. The molecule has 1 atom stereocenters. The second-order valence-electron chi connectivity index (χ2n) is 4.03. The average molecular weight is 344 g/mol. The summed E-state index contributed by atoms with van der Waals surface area (Å²) in [4.78, 5) is 3.78. The second-order valence-corrected chi connectivity index (χ2v) is 5.26. The van der Waals surface area contributed by atoms with E-state index in [9.17, 15) is 4.39 Å². The van der Waals surface area contributed by atoms with Crippen LogP contribution in [0.5, 0.6) is 0 Å². The maximum atomic E-state index is 13.9. The molecule has 0 amide bonds. The van der Waals surface area contributed by atoms with E-state index < -0.39 is 0 Å². The van der Waals surface area contributed by atoms with Crippen molar-refractivity contribution in [1.82, 2.24) is 10.3 Å². The quantitative estimate of drug-likeness (QED) is 0.893. The number of halogens is 3. The molecule has 0 saturated heterocycles. The van der Waals surface area contributed by atoms with Crippen molar-refractivity contribution in [3.8, 4) is 0 Å². The van der Waals surface area contributed by atoms with Crippen molar-refractivity contribution in [2.24, 2.45) is 0 Å². The van der Waals surface area contributed by atoms with Gasteiger partial charge in [-0.2, -0.15) is 0 Å². The van der Waals surface area contributed by atoms with Crippen molar-refractivity contribution in [2.75, 3.05) is 6.54 Å². The Labute approximate surface area is 125 Å². The highest BCUT2D eigenvalue weighted by atomic mass is 79.9. The van der Waals surface area contributed by atoms with Crippen molar-refractivity contribution >= 4 is 27.5 Å². The number of nitrogens with zero attached hydrogens (tertiary/aromatic N) is 1. The molecule has 0 aliphatic heterocycles. The minimum Gasteiger partial charge on any atom is -0.306 e. The van der Waals surface area contributed by atoms with E-state index in [0.29, 0.717) is 17.1 Å². The van der Waals surface area contributed by atoms with Crippen LogP contribution in [-0.4, -0.2) is 11.5 Å². The Morgan fingerprint density at radius 3 is 2.84 bits per heavy atom. The normalized spacial score (nSPS) is 12.4. The molecule has 100 valence electrons. The summed E-state index contributed by atoms with van der Waals surface area (Å²) >= 11 is 9.69. The monoisotopic (exact) mass is 342 g/mol. The van der Waals surface area contributed by atoms with Crippen LogP contribution in [-0.2, 0) is 0 Å². The van der Waals surface area contributed by atoms with Gasteiger partial charge in [0.1, 0.15) is 5.82 Å². The number of rotatable bonds is 4. The van der Waals surface area contributed by atoms with Crippen LogP contribution in [0.15, 0.2) is 41.1 Å². The van der Waals surface area contributed by atoms with E-state index in [4.69, 9.17) is 11.6 Å². The van der Waals surface area contributed by atoms with E-state index in [1.54, 1.807) is 12.3 Å². The highest BCUT2D eigenvalue weighted by molar-refractivity contribution is 9.10. The van der Waals surface area contributed by atoms with Gasteiger partial charge in [0.25, 0.3) is 0 Å². The third-order valence-electron chi connectivity index (χ3n) is 2.82. The predicted octanol–water partition coefficient (Wildman–Crippen LogP) is 4.34. The summed E-state index contributed by atoms with van der Waals surface area (Å²) in [6.45, 7) is 2.67. The fourth-order valence-electron chi connectivity index (χ4n) is 1.96. The fourth-order valence-corrected chi connectivity index (χ4v) is 2.57. The first-order valence-corrected chi connectivity index (χ1v) is 7.09. The molecule has 2 aromatic rings. The highest BCUT2D eigenvalue weighted by Gasteiger charge is 2.20. The van der Waals surface area contributed by atoms with Gasteiger partial charge in [0.2, 0.25) is 0 Å². The van der Waals surface area contributed by atoms with Crippen LogP contribution in [0.2, 0.25) is 5.02 Å². The number of aromatic nitrogens is 1. The SMILES string of the molecule is CCNC(c1ccncc1F)c1cccc(Br)c1Cl. The number of hydrogen-bond acceptors (Lipinski definition) is 2. The lowest BCUT2D eigenvalue weighted by Gasteiger charge is -2.21. The third-order valence-corrected chi connectivity index (χ3v) is 4.13. The molecule has 0 spiro atoms. The zero-order chi connectivity index (χ0) is 13.8. The Hall–Kier alpha value is -0.970. The Morgan fingerprint density at radius 2 is 2.16 bits per heavy atom. The molecule has 0 aliphatic carbocycles. The van der Waals surface area contributed by atoms with Gasteiger partial charge in [-0.15, -0.1) is 0 Å². The third kappa shape index (κ3) is 3.14. The topological polar surface area (TPSA) is 24.9 Å². The van der Waals surface area contributed by atoms with E-state index in [1.807, 2.05) is 25.1 Å².